The van der Waals surface area contributed by atoms with E-state index in [9.17, 15) is 0 Å². The summed E-state index contributed by atoms with van der Waals surface area (Å²) in [6.45, 7) is 14.1. The molecule has 1 rings (SSSR count). The van der Waals surface area contributed by atoms with E-state index in [2.05, 4.69) is 44.8 Å². The average Bonchev–Trinajstić information content (AvgIpc) is 2.39. The van der Waals surface area contributed by atoms with Gasteiger partial charge in [0.15, 0.2) is 0 Å². The second-order valence-corrected chi connectivity index (χ2v) is 5.63. The van der Waals surface area contributed by atoms with Gasteiger partial charge in [-0.3, -0.25) is 4.90 Å². The predicted octanol–water partition coefficient (Wildman–Crippen LogP) is 3.27. The van der Waals surface area contributed by atoms with Gasteiger partial charge in [-0.25, -0.2) is 0 Å². The van der Waals surface area contributed by atoms with E-state index in [1.807, 2.05) is 0 Å². The summed E-state index contributed by atoms with van der Waals surface area (Å²) in [6, 6.07) is 2.23. The fourth-order valence-electron chi connectivity index (χ4n) is 3.09. The van der Waals surface area contributed by atoms with Gasteiger partial charge < -0.3 is 5.32 Å². The zero-order valence-electron chi connectivity index (χ0n) is 12.5. The van der Waals surface area contributed by atoms with Crippen molar-refractivity contribution < 1.29 is 0 Å². The first kappa shape index (κ1) is 15.0. The molecule has 0 aromatic heterocycles. The zero-order chi connectivity index (χ0) is 12.8. The summed E-state index contributed by atoms with van der Waals surface area (Å²) in [5.74, 6) is 0.796. The Balaban J connectivity index is 2.67. The van der Waals surface area contributed by atoms with Crippen molar-refractivity contribution in [3.8, 4) is 0 Å². The van der Waals surface area contributed by atoms with E-state index in [1.54, 1.807) is 0 Å². The van der Waals surface area contributed by atoms with Gasteiger partial charge in [0.05, 0.1) is 0 Å². The van der Waals surface area contributed by atoms with Gasteiger partial charge in [-0.2, -0.15) is 0 Å². The van der Waals surface area contributed by atoms with Gasteiger partial charge >= 0.3 is 0 Å². The van der Waals surface area contributed by atoms with Crippen LogP contribution in [0.3, 0.4) is 0 Å². The molecule has 0 aromatic rings. The van der Waals surface area contributed by atoms with Crippen molar-refractivity contribution in [3.05, 3.63) is 0 Å². The van der Waals surface area contributed by atoms with Crippen LogP contribution in [0, 0.1) is 5.92 Å². The fourth-order valence-corrected chi connectivity index (χ4v) is 3.09. The lowest BCUT2D eigenvalue weighted by atomic mass is 9.93. The van der Waals surface area contributed by atoms with Crippen molar-refractivity contribution in [2.75, 3.05) is 13.1 Å². The van der Waals surface area contributed by atoms with Crippen molar-refractivity contribution in [3.63, 3.8) is 0 Å². The molecular weight excluding hydrogens is 208 g/mol. The fraction of sp³-hybridized carbons (Fsp3) is 1.00. The smallest absolute Gasteiger partial charge is 0.0221 e. The van der Waals surface area contributed by atoms with Crippen LogP contribution in [0.15, 0.2) is 0 Å². The molecule has 3 atom stereocenters. The van der Waals surface area contributed by atoms with E-state index in [-0.39, 0.29) is 0 Å². The molecule has 1 saturated heterocycles. The zero-order valence-corrected chi connectivity index (χ0v) is 12.5. The van der Waals surface area contributed by atoms with Gasteiger partial charge in [0.25, 0.3) is 0 Å². The molecular formula is C15H32N2. The molecule has 0 spiro atoms. The molecule has 3 unspecified atom stereocenters. The first-order valence-corrected chi connectivity index (χ1v) is 7.66. The van der Waals surface area contributed by atoms with Crippen LogP contribution < -0.4 is 5.32 Å². The van der Waals surface area contributed by atoms with E-state index in [1.165, 1.54) is 38.8 Å². The SMILES string of the molecule is CCC(C)C1CN(C(CC)CC)C(CC)CN1. The molecule has 2 heteroatoms. The van der Waals surface area contributed by atoms with Crippen LogP contribution in [0.25, 0.3) is 0 Å². The minimum Gasteiger partial charge on any atom is -0.311 e. The lowest BCUT2D eigenvalue weighted by Crippen LogP contribution is -2.60. The van der Waals surface area contributed by atoms with E-state index in [0.29, 0.717) is 6.04 Å². The molecule has 102 valence electrons. The van der Waals surface area contributed by atoms with E-state index >= 15 is 0 Å². The molecule has 0 aliphatic carbocycles. The first-order valence-electron chi connectivity index (χ1n) is 7.66. The standard InChI is InChI=1S/C15H32N2/c1-6-12(5)15-11-17(13(7-2)8-3)14(9-4)10-16-15/h12-16H,6-11H2,1-5H3. The molecule has 1 N–H and O–H groups in total. The molecule has 0 aromatic carbocycles. The van der Waals surface area contributed by atoms with Crippen LogP contribution >= 0.6 is 0 Å². The summed E-state index contributed by atoms with van der Waals surface area (Å²) in [4.78, 5) is 2.79. The number of rotatable bonds is 6. The molecule has 1 aliphatic rings. The van der Waals surface area contributed by atoms with Gasteiger partial charge in [0.1, 0.15) is 0 Å². The lowest BCUT2D eigenvalue weighted by molar-refractivity contribution is 0.0603. The molecule has 1 aliphatic heterocycles. The Morgan fingerprint density at radius 1 is 1.12 bits per heavy atom. The van der Waals surface area contributed by atoms with E-state index in [0.717, 1.165) is 18.0 Å². The third kappa shape index (κ3) is 3.69. The Morgan fingerprint density at radius 2 is 1.76 bits per heavy atom. The van der Waals surface area contributed by atoms with Crippen LogP contribution in [0.5, 0.6) is 0 Å². The van der Waals surface area contributed by atoms with Crippen LogP contribution in [0.1, 0.15) is 60.3 Å². The molecule has 1 heterocycles. The highest BCUT2D eigenvalue weighted by Gasteiger charge is 2.32. The monoisotopic (exact) mass is 240 g/mol. The Hall–Kier alpha value is -0.0800. The maximum atomic E-state index is 3.76. The average molecular weight is 240 g/mol. The summed E-state index contributed by atoms with van der Waals surface area (Å²) >= 11 is 0. The number of hydrogen-bond acceptors (Lipinski definition) is 2. The Labute approximate surface area is 108 Å². The van der Waals surface area contributed by atoms with Crippen molar-refractivity contribution in [2.45, 2.75) is 78.4 Å². The van der Waals surface area contributed by atoms with Gasteiger partial charge in [-0.1, -0.05) is 41.0 Å². The Kier molecular flexibility index (Phi) is 6.50. The normalized spacial score (nSPS) is 28.6. The van der Waals surface area contributed by atoms with Crippen LogP contribution in [-0.4, -0.2) is 36.1 Å². The maximum absolute atomic E-state index is 3.76. The van der Waals surface area contributed by atoms with Gasteiger partial charge in [0.2, 0.25) is 0 Å². The molecule has 0 amide bonds. The summed E-state index contributed by atoms with van der Waals surface area (Å²) < 4.78 is 0. The number of piperazine rings is 1. The first-order chi connectivity index (χ1) is 8.17. The van der Waals surface area contributed by atoms with Crippen molar-refractivity contribution in [1.29, 1.82) is 0 Å². The van der Waals surface area contributed by atoms with Crippen molar-refractivity contribution in [1.82, 2.24) is 10.2 Å². The third-order valence-electron chi connectivity index (χ3n) is 4.71. The minimum absolute atomic E-state index is 0.698. The summed E-state index contributed by atoms with van der Waals surface area (Å²) in [5, 5.41) is 3.76. The van der Waals surface area contributed by atoms with Gasteiger partial charge in [0, 0.05) is 31.2 Å². The highest BCUT2D eigenvalue weighted by atomic mass is 15.3. The highest BCUT2D eigenvalue weighted by molar-refractivity contribution is 4.90. The number of nitrogens with one attached hydrogen (secondary N) is 1. The quantitative estimate of drug-likeness (QED) is 0.766. The number of nitrogens with zero attached hydrogens (tertiary/aromatic N) is 1. The predicted molar refractivity (Wildman–Crippen MR) is 76.4 cm³/mol. The molecule has 0 radical (unpaired) electrons. The van der Waals surface area contributed by atoms with Gasteiger partial charge in [-0.05, 0) is 25.2 Å². The second kappa shape index (κ2) is 7.38. The second-order valence-electron chi connectivity index (χ2n) is 5.63. The Morgan fingerprint density at radius 3 is 2.24 bits per heavy atom. The van der Waals surface area contributed by atoms with Crippen molar-refractivity contribution >= 4 is 0 Å². The van der Waals surface area contributed by atoms with Crippen LogP contribution in [-0.2, 0) is 0 Å². The molecule has 0 saturated carbocycles. The Bertz CT molecular complexity index is 194. The molecule has 2 nitrogen and oxygen atoms in total. The largest absolute Gasteiger partial charge is 0.311 e. The highest BCUT2D eigenvalue weighted by Crippen LogP contribution is 2.22. The van der Waals surface area contributed by atoms with Gasteiger partial charge in [-0.15, -0.1) is 0 Å². The summed E-state index contributed by atoms with van der Waals surface area (Å²) in [5.41, 5.74) is 0. The minimum atomic E-state index is 0.698. The number of hydrogen-bond donors (Lipinski definition) is 1. The maximum Gasteiger partial charge on any atom is 0.0221 e. The molecule has 17 heavy (non-hydrogen) atoms. The third-order valence-corrected chi connectivity index (χ3v) is 4.71. The lowest BCUT2D eigenvalue weighted by Gasteiger charge is -2.45. The summed E-state index contributed by atoms with van der Waals surface area (Å²) in [6.07, 6.45) is 5.14. The van der Waals surface area contributed by atoms with E-state index in [4.69, 9.17) is 0 Å². The molecule has 0 bridgehead atoms. The van der Waals surface area contributed by atoms with Crippen LogP contribution in [0.4, 0.5) is 0 Å². The van der Waals surface area contributed by atoms with Crippen molar-refractivity contribution in [2.24, 2.45) is 5.92 Å². The topological polar surface area (TPSA) is 15.3 Å². The van der Waals surface area contributed by atoms with Crippen LogP contribution in [0.2, 0.25) is 0 Å². The molecule has 1 fully saturated rings. The summed E-state index contributed by atoms with van der Waals surface area (Å²) in [7, 11) is 0. The van der Waals surface area contributed by atoms with E-state index < -0.39 is 0 Å².